The van der Waals surface area contributed by atoms with Gasteiger partial charge >= 0.3 is 0 Å². The van der Waals surface area contributed by atoms with Crippen molar-refractivity contribution in [2.75, 3.05) is 14.2 Å². The van der Waals surface area contributed by atoms with Gasteiger partial charge in [0.2, 0.25) is 5.91 Å². The third-order valence-electron chi connectivity index (χ3n) is 5.50. The molecule has 0 aliphatic rings. The monoisotopic (exact) mass is 475 g/mol. The molecular formula is C27H26ClN3O3. The predicted molar refractivity (Wildman–Crippen MR) is 134 cm³/mol. The van der Waals surface area contributed by atoms with Crippen LogP contribution >= 0.6 is 11.6 Å². The standard InChI is InChI=1S/C27H26ClN3O3/c1-33-23-13-14-25(34-2)24(16-23)27-20(18-31(30-27)22-6-4-3-5-7-22)10-15-26(32)29-17-19-8-11-21(28)12-9-19/h3-9,11-14,16,18H,10,15,17H2,1-2H3,(H,29,32). The maximum atomic E-state index is 12.6. The lowest BCUT2D eigenvalue weighted by Gasteiger charge is -2.10. The zero-order valence-electron chi connectivity index (χ0n) is 19.1. The van der Waals surface area contributed by atoms with Crippen molar-refractivity contribution in [1.29, 1.82) is 0 Å². The van der Waals surface area contributed by atoms with Gasteiger partial charge in [0.15, 0.2) is 0 Å². The number of hydrogen-bond acceptors (Lipinski definition) is 4. The minimum absolute atomic E-state index is 0.0361. The van der Waals surface area contributed by atoms with Gasteiger partial charge in [0.05, 0.1) is 25.6 Å². The van der Waals surface area contributed by atoms with Crippen LogP contribution in [0.15, 0.2) is 79.0 Å². The first-order valence-corrected chi connectivity index (χ1v) is 11.3. The lowest BCUT2D eigenvalue weighted by atomic mass is 10.0. The number of ether oxygens (including phenoxy) is 2. The molecule has 7 heteroatoms. The van der Waals surface area contributed by atoms with Gasteiger partial charge in [0.1, 0.15) is 11.5 Å². The van der Waals surface area contributed by atoms with Gasteiger partial charge in [-0.05, 0) is 60.0 Å². The first kappa shape index (κ1) is 23.4. The molecule has 34 heavy (non-hydrogen) atoms. The maximum Gasteiger partial charge on any atom is 0.220 e. The third kappa shape index (κ3) is 5.58. The van der Waals surface area contributed by atoms with E-state index in [1.54, 1.807) is 14.2 Å². The summed E-state index contributed by atoms with van der Waals surface area (Å²) in [5, 5.41) is 8.50. The summed E-state index contributed by atoms with van der Waals surface area (Å²) in [5.41, 5.74) is 4.44. The number of carbonyl (C=O) groups excluding carboxylic acids is 1. The van der Waals surface area contributed by atoms with Crippen LogP contribution in [0.4, 0.5) is 0 Å². The zero-order valence-corrected chi connectivity index (χ0v) is 19.9. The molecule has 0 saturated heterocycles. The first-order valence-electron chi connectivity index (χ1n) is 10.9. The van der Waals surface area contributed by atoms with E-state index >= 15 is 0 Å². The van der Waals surface area contributed by atoms with Crippen LogP contribution in [0, 0.1) is 0 Å². The fourth-order valence-electron chi connectivity index (χ4n) is 3.67. The van der Waals surface area contributed by atoms with Gasteiger partial charge in [-0.1, -0.05) is 41.9 Å². The van der Waals surface area contributed by atoms with E-state index in [0.29, 0.717) is 35.9 Å². The number of halogens is 1. The van der Waals surface area contributed by atoms with Crippen LogP contribution in [0.3, 0.4) is 0 Å². The van der Waals surface area contributed by atoms with Crippen LogP contribution in [0.5, 0.6) is 11.5 Å². The van der Waals surface area contributed by atoms with Crippen molar-refractivity contribution in [1.82, 2.24) is 15.1 Å². The minimum Gasteiger partial charge on any atom is -0.497 e. The number of rotatable bonds is 9. The van der Waals surface area contributed by atoms with E-state index in [1.807, 2.05) is 83.7 Å². The summed E-state index contributed by atoms with van der Waals surface area (Å²) in [6.07, 6.45) is 2.82. The normalized spacial score (nSPS) is 10.7. The van der Waals surface area contributed by atoms with Crippen LogP contribution in [-0.2, 0) is 17.8 Å². The van der Waals surface area contributed by atoms with Gasteiger partial charge in [-0.3, -0.25) is 4.79 Å². The molecule has 1 amide bonds. The van der Waals surface area contributed by atoms with Gasteiger partial charge in [0, 0.05) is 29.7 Å². The maximum absolute atomic E-state index is 12.6. The number of aromatic nitrogens is 2. The van der Waals surface area contributed by atoms with E-state index in [9.17, 15) is 4.79 Å². The van der Waals surface area contributed by atoms with Gasteiger partial charge in [-0.25, -0.2) is 4.68 Å². The van der Waals surface area contributed by atoms with E-state index in [4.69, 9.17) is 26.2 Å². The average molecular weight is 476 g/mol. The number of benzene rings is 3. The van der Waals surface area contributed by atoms with Crippen LogP contribution in [0.2, 0.25) is 5.02 Å². The molecule has 1 heterocycles. The van der Waals surface area contributed by atoms with E-state index in [0.717, 1.165) is 28.1 Å². The highest BCUT2D eigenvalue weighted by Crippen LogP contribution is 2.35. The number of nitrogens with one attached hydrogen (secondary N) is 1. The molecule has 0 unspecified atom stereocenters. The molecule has 6 nitrogen and oxygen atoms in total. The number of carbonyl (C=O) groups is 1. The molecule has 0 spiro atoms. The Labute approximate surface area is 204 Å². The molecule has 0 saturated carbocycles. The van der Waals surface area contributed by atoms with Crippen LogP contribution in [0.1, 0.15) is 17.5 Å². The quantitative estimate of drug-likeness (QED) is 0.349. The number of aryl methyl sites for hydroxylation is 1. The Bertz CT molecular complexity index is 1250. The smallest absolute Gasteiger partial charge is 0.220 e. The van der Waals surface area contributed by atoms with Crippen LogP contribution in [-0.4, -0.2) is 29.9 Å². The largest absolute Gasteiger partial charge is 0.497 e. The van der Waals surface area contributed by atoms with Crippen molar-refractivity contribution in [3.05, 3.63) is 95.1 Å². The highest BCUT2D eigenvalue weighted by Gasteiger charge is 2.18. The predicted octanol–water partition coefficient (Wildman–Crippen LogP) is 5.46. The fourth-order valence-corrected chi connectivity index (χ4v) is 3.80. The molecule has 0 radical (unpaired) electrons. The van der Waals surface area contributed by atoms with Crippen molar-refractivity contribution in [2.24, 2.45) is 0 Å². The fraction of sp³-hybridized carbons (Fsp3) is 0.185. The average Bonchev–Trinajstić information content (AvgIpc) is 3.31. The van der Waals surface area contributed by atoms with E-state index in [2.05, 4.69) is 5.32 Å². The van der Waals surface area contributed by atoms with Gasteiger partial charge in [-0.2, -0.15) is 5.10 Å². The lowest BCUT2D eigenvalue weighted by Crippen LogP contribution is -2.23. The van der Waals surface area contributed by atoms with E-state index < -0.39 is 0 Å². The second-order valence-electron chi connectivity index (χ2n) is 7.75. The molecular weight excluding hydrogens is 450 g/mol. The number of nitrogens with zero attached hydrogens (tertiary/aromatic N) is 2. The summed E-state index contributed by atoms with van der Waals surface area (Å²) in [4.78, 5) is 12.6. The summed E-state index contributed by atoms with van der Waals surface area (Å²) in [6.45, 7) is 0.454. The Morgan fingerprint density at radius 3 is 2.47 bits per heavy atom. The molecule has 0 fully saturated rings. The number of methoxy groups -OCH3 is 2. The van der Waals surface area contributed by atoms with Crippen LogP contribution in [0.25, 0.3) is 16.9 Å². The van der Waals surface area contributed by atoms with Crippen molar-refractivity contribution in [3.8, 4) is 28.4 Å². The summed E-state index contributed by atoms with van der Waals surface area (Å²) < 4.78 is 12.9. The molecule has 0 aliphatic heterocycles. The molecule has 0 aliphatic carbocycles. The van der Waals surface area contributed by atoms with Gasteiger partial charge in [0.25, 0.3) is 0 Å². The number of hydrogen-bond donors (Lipinski definition) is 1. The Balaban J connectivity index is 1.58. The molecule has 0 bridgehead atoms. The van der Waals surface area contributed by atoms with Crippen molar-refractivity contribution in [3.63, 3.8) is 0 Å². The van der Waals surface area contributed by atoms with E-state index in [1.165, 1.54) is 0 Å². The second-order valence-corrected chi connectivity index (χ2v) is 8.19. The first-order chi connectivity index (χ1) is 16.6. The van der Waals surface area contributed by atoms with Crippen molar-refractivity contribution >= 4 is 17.5 Å². The topological polar surface area (TPSA) is 65.4 Å². The number of amides is 1. The Morgan fingerprint density at radius 2 is 1.76 bits per heavy atom. The van der Waals surface area contributed by atoms with Crippen molar-refractivity contribution in [2.45, 2.75) is 19.4 Å². The van der Waals surface area contributed by atoms with Gasteiger partial charge < -0.3 is 14.8 Å². The van der Waals surface area contributed by atoms with Gasteiger partial charge in [-0.15, -0.1) is 0 Å². The Kier molecular flexibility index (Phi) is 7.50. The summed E-state index contributed by atoms with van der Waals surface area (Å²) in [6, 6.07) is 22.9. The molecule has 1 aromatic heterocycles. The molecule has 1 N–H and O–H groups in total. The lowest BCUT2D eigenvalue weighted by molar-refractivity contribution is -0.121. The highest BCUT2D eigenvalue weighted by molar-refractivity contribution is 6.30. The second kappa shape index (κ2) is 10.9. The SMILES string of the molecule is COc1ccc(OC)c(-c2nn(-c3ccccc3)cc2CCC(=O)NCc2ccc(Cl)cc2)c1. The molecule has 4 aromatic rings. The molecule has 3 aromatic carbocycles. The van der Waals surface area contributed by atoms with Crippen molar-refractivity contribution < 1.29 is 14.3 Å². The van der Waals surface area contributed by atoms with E-state index in [-0.39, 0.29) is 5.91 Å². The Hall–Kier alpha value is -3.77. The summed E-state index contributed by atoms with van der Waals surface area (Å²) in [7, 11) is 3.25. The number of para-hydroxylation sites is 1. The summed E-state index contributed by atoms with van der Waals surface area (Å²) >= 11 is 5.93. The molecule has 174 valence electrons. The zero-order chi connectivity index (χ0) is 23.9. The summed E-state index contributed by atoms with van der Waals surface area (Å²) in [5.74, 6) is 1.36. The van der Waals surface area contributed by atoms with Crippen LogP contribution < -0.4 is 14.8 Å². The third-order valence-corrected chi connectivity index (χ3v) is 5.75. The molecule has 0 atom stereocenters. The highest BCUT2D eigenvalue weighted by atomic mass is 35.5. The Morgan fingerprint density at radius 1 is 1.00 bits per heavy atom. The minimum atomic E-state index is -0.0361. The molecule has 4 rings (SSSR count).